The van der Waals surface area contributed by atoms with Crippen molar-refractivity contribution in [1.29, 1.82) is 0 Å². The molecule has 0 atom stereocenters. The smallest absolute Gasteiger partial charge is 0.312 e. The Morgan fingerprint density at radius 3 is 2.73 bits per heavy atom. The van der Waals surface area contributed by atoms with Gasteiger partial charge in [-0.2, -0.15) is 0 Å². The van der Waals surface area contributed by atoms with Gasteiger partial charge in [-0.3, -0.25) is 10.1 Å². The summed E-state index contributed by atoms with van der Waals surface area (Å²) in [6.07, 6.45) is 0.805. The van der Waals surface area contributed by atoms with Crippen LogP contribution >= 0.6 is 11.6 Å². The lowest BCUT2D eigenvalue weighted by Gasteiger charge is -2.08. The van der Waals surface area contributed by atoms with Gasteiger partial charge in [-0.05, 0) is 25.0 Å². The van der Waals surface area contributed by atoms with Crippen molar-refractivity contribution in [3.63, 3.8) is 0 Å². The summed E-state index contributed by atoms with van der Waals surface area (Å²) in [4.78, 5) is 10.3. The molecule has 0 heterocycles. The van der Waals surface area contributed by atoms with Gasteiger partial charge in [0.25, 0.3) is 0 Å². The van der Waals surface area contributed by atoms with Gasteiger partial charge in [0.1, 0.15) is 0 Å². The summed E-state index contributed by atoms with van der Waals surface area (Å²) in [7, 11) is 0. The predicted molar refractivity (Wildman–Crippen MR) is 58.6 cm³/mol. The van der Waals surface area contributed by atoms with Crippen molar-refractivity contribution < 1.29 is 9.66 Å². The third-order valence-corrected chi connectivity index (χ3v) is 2.09. The van der Waals surface area contributed by atoms with Gasteiger partial charge >= 0.3 is 5.69 Å². The molecule has 5 heteroatoms. The lowest BCUT2D eigenvalue weighted by atomic mass is 10.2. The number of halogens is 1. The summed E-state index contributed by atoms with van der Waals surface area (Å²) in [5.41, 5.74) is 0.608. The first-order valence-corrected chi connectivity index (χ1v) is 5.01. The standard InChI is InChI=1S/C10H12ClNO3/c1-3-4-15-10-7(2)5-8(11)6-9(10)12(13)14/h5-6H,3-4H2,1-2H3. The lowest BCUT2D eigenvalue weighted by Crippen LogP contribution is -2.01. The molecular formula is C10H12ClNO3. The Kier molecular flexibility index (Phi) is 3.91. The Balaban J connectivity index is 3.15. The average molecular weight is 230 g/mol. The molecule has 82 valence electrons. The molecule has 1 aromatic carbocycles. The summed E-state index contributed by atoms with van der Waals surface area (Å²) < 4.78 is 5.33. The van der Waals surface area contributed by atoms with Crippen molar-refractivity contribution in [2.45, 2.75) is 20.3 Å². The number of nitrogens with zero attached hydrogens (tertiary/aromatic N) is 1. The number of ether oxygens (including phenoxy) is 1. The fourth-order valence-corrected chi connectivity index (χ4v) is 1.51. The summed E-state index contributed by atoms with van der Waals surface area (Å²) in [5.74, 6) is 0.311. The van der Waals surface area contributed by atoms with E-state index >= 15 is 0 Å². The highest BCUT2D eigenvalue weighted by atomic mass is 35.5. The minimum Gasteiger partial charge on any atom is -0.487 e. The first-order chi connectivity index (χ1) is 7.06. The van der Waals surface area contributed by atoms with E-state index in [1.54, 1.807) is 13.0 Å². The Hall–Kier alpha value is -1.29. The highest BCUT2D eigenvalue weighted by Crippen LogP contribution is 2.33. The van der Waals surface area contributed by atoms with Crippen molar-refractivity contribution in [1.82, 2.24) is 0 Å². The number of hydrogen-bond donors (Lipinski definition) is 0. The Labute approximate surface area is 93.0 Å². The van der Waals surface area contributed by atoms with Crippen LogP contribution in [0, 0.1) is 17.0 Å². The molecular weight excluding hydrogens is 218 g/mol. The van der Waals surface area contributed by atoms with E-state index in [-0.39, 0.29) is 5.69 Å². The maximum atomic E-state index is 10.8. The van der Waals surface area contributed by atoms with Gasteiger partial charge in [-0.1, -0.05) is 18.5 Å². The third-order valence-electron chi connectivity index (χ3n) is 1.87. The predicted octanol–water partition coefficient (Wildman–Crippen LogP) is 3.35. The third kappa shape index (κ3) is 2.83. The number of benzene rings is 1. The Morgan fingerprint density at radius 1 is 1.53 bits per heavy atom. The SMILES string of the molecule is CCCOc1c(C)cc(Cl)cc1[N+](=O)[O-]. The van der Waals surface area contributed by atoms with E-state index < -0.39 is 4.92 Å². The summed E-state index contributed by atoms with van der Waals surface area (Å²) >= 11 is 5.74. The minimum atomic E-state index is -0.482. The number of rotatable bonds is 4. The summed E-state index contributed by atoms with van der Waals surface area (Å²) in [5, 5.41) is 11.1. The van der Waals surface area contributed by atoms with Crippen LogP contribution in [-0.4, -0.2) is 11.5 Å². The highest BCUT2D eigenvalue weighted by Gasteiger charge is 2.18. The Morgan fingerprint density at radius 2 is 2.20 bits per heavy atom. The molecule has 1 rings (SSSR count). The van der Waals surface area contributed by atoms with Crippen LogP contribution in [0.3, 0.4) is 0 Å². The molecule has 4 nitrogen and oxygen atoms in total. The normalized spacial score (nSPS) is 10.1. The van der Waals surface area contributed by atoms with Crippen LogP contribution in [0.2, 0.25) is 5.02 Å². The first kappa shape index (κ1) is 11.8. The fourth-order valence-electron chi connectivity index (χ4n) is 1.24. The number of nitro benzene ring substituents is 1. The molecule has 0 saturated heterocycles. The topological polar surface area (TPSA) is 52.4 Å². The van der Waals surface area contributed by atoms with Crippen molar-refractivity contribution >= 4 is 17.3 Å². The van der Waals surface area contributed by atoms with Crippen LogP contribution in [0.4, 0.5) is 5.69 Å². The van der Waals surface area contributed by atoms with Gasteiger partial charge in [-0.25, -0.2) is 0 Å². The molecule has 0 bridgehead atoms. The molecule has 0 aromatic heterocycles. The maximum Gasteiger partial charge on any atom is 0.312 e. The number of nitro groups is 1. The van der Waals surface area contributed by atoms with E-state index in [9.17, 15) is 10.1 Å². The zero-order valence-corrected chi connectivity index (χ0v) is 9.37. The van der Waals surface area contributed by atoms with E-state index in [2.05, 4.69) is 0 Å². The molecule has 0 amide bonds. The first-order valence-electron chi connectivity index (χ1n) is 4.63. The van der Waals surface area contributed by atoms with Gasteiger partial charge in [0.15, 0.2) is 5.75 Å². The quantitative estimate of drug-likeness (QED) is 0.588. The second-order valence-electron chi connectivity index (χ2n) is 3.18. The van der Waals surface area contributed by atoms with Gasteiger partial charge in [0.2, 0.25) is 0 Å². The van der Waals surface area contributed by atoms with E-state index in [0.29, 0.717) is 22.9 Å². The van der Waals surface area contributed by atoms with E-state index in [1.807, 2.05) is 6.92 Å². The zero-order chi connectivity index (χ0) is 11.4. The highest BCUT2D eigenvalue weighted by molar-refractivity contribution is 6.31. The molecule has 0 unspecified atom stereocenters. The van der Waals surface area contributed by atoms with Gasteiger partial charge in [-0.15, -0.1) is 0 Å². The molecule has 0 saturated carbocycles. The maximum absolute atomic E-state index is 10.8. The van der Waals surface area contributed by atoms with Crippen LogP contribution in [0.1, 0.15) is 18.9 Å². The lowest BCUT2D eigenvalue weighted by molar-refractivity contribution is -0.385. The summed E-state index contributed by atoms with van der Waals surface area (Å²) in [6, 6.07) is 2.96. The second-order valence-corrected chi connectivity index (χ2v) is 3.61. The zero-order valence-electron chi connectivity index (χ0n) is 8.62. The monoisotopic (exact) mass is 229 g/mol. The number of aryl methyl sites for hydroxylation is 1. The van der Waals surface area contributed by atoms with Gasteiger partial charge in [0.05, 0.1) is 11.5 Å². The van der Waals surface area contributed by atoms with Gasteiger partial charge < -0.3 is 4.74 Å². The molecule has 1 aromatic rings. The molecule has 15 heavy (non-hydrogen) atoms. The van der Waals surface area contributed by atoms with Crippen molar-refractivity contribution in [3.8, 4) is 5.75 Å². The van der Waals surface area contributed by atoms with Gasteiger partial charge in [0, 0.05) is 11.1 Å². The summed E-state index contributed by atoms with van der Waals surface area (Å²) in [6.45, 7) is 4.14. The molecule has 0 N–H and O–H groups in total. The van der Waals surface area contributed by atoms with E-state index in [1.165, 1.54) is 6.07 Å². The van der Waals surface area contributed by atoms with E-state index in [0.717, 1.165) is 6.42 Å². The van der Waals surface area contributed by atoms with Crippen molar-refractivity contribution in [2.24, 2.45) is 0 Å². The average Bonchev–Trinajstić information content (AvgIpc) is 2.15. The van der Waals surface area contributed by atoms with Crippen LogP contribution in [0.15, 0.2) is 12.1 Å². The van der Waals surface area contributed by atoms with Crippen LogP contribution in [-0.2, 0) is 0 Å². The molecule has 0 aliphatic heterocycles. The minimum absolute atomic E-state index is 0.0755. The Bertz CT molecular complexity index is 379. The van der Waals surface area contributed by atoms with E-state index in [4.69, 9.17) is 16.3 Å². The molecule has 0 radical (unpaired) electrons. The van der Waals surface area contributed by atoms with Crippen LogP contribution in [0.25, 0.3) is 0 Å². The number of hydrogen-bond acceptors (Lipinski definition) is 3. The molecule has 0 fully saturated rings. The van der Waals surface area contributed by atoms with Crippen LogP contribution < -0.4 is 4.74 Å². The van der Waals surface area contributed by atoms with Crippen molar-refractivity contribution in [2.75, 3.05) is 6.61 Å². The molecule has 0 aliphatic carbocycles. The largest absolute Gasteiger partial charge is 0.487 e. The van der Waals surface area contributed by atoms with Crippen LogP contribution in [0.5, 0.6) is 5.75 Å². The fraction of sp³-hybridized carbons (Fsp3) is 0.400. The second kappa shape index (κ2) is 4.98. The molecule has 0 spiro atoms. The van der Waals surface area contributed by atoms with Crippen molar-refractivity contribution in [3.05, 3.63) is 32.8 Å². The molecule has 0 aliphatic rings.